The molecule has 1 N–H and O–H groups in total. The SMILES string of the molecule is CCCc1noc(COc2ccc(C(=O)O)c(F)c2)n1. The lowest BCUT2D eigenvalue weighted by molar-refractivity contribution is 0.0691. The summed E-state index contributed by atoms with van der Waals surface area (Å²) < 4.78 is 23.6. The molecule has 0 aliphatic carbocycles. The van der Waals surface area contributed by atoms with Crippen molar-refractivity contribution in [2.75, 3.05) is 0 Å². The highest BCUT2D eigenvalue weighted by Gasteiger charge is 2.12. The molecule has 0 spiro atoms. The summed E-state index contributed by atoms with van der Waals surface area (Å²) in [6, 6.07) is 3.52. The van der Waals surface area contributed by atoms with Gasteiger partial charge in [0.05, 0.1) is 5.56 Å². The molecule has 2 rings (SSSR count). The Morgan fingerprint density at radius 1 is 1.50 bits per heavy atom. The lowest BCUT2D eigenvalue weighted by Crippen LogP contribution is -2.02. The summed E-state index contributed by atoms with van der Waals surface area (Å²) >= 11 is 0. The predicted octanol–water partition coefficient (Wildman–Crippen LogP) is 2.44. The molecule has 0 atom stereocenters. The van der Waals surface area contributed by atoms with E-state index in [-0.39, 0.29) is 18.2 Å². The van der Waals surface area contributed by atoms with Crippen LogP contribution < -0.4 is 4.74 Å². The molecule has 20 heavy (non-hydrogen) atoms. The van der Waals surface area contributed by atoms with E-state index in [1.165, 1.54) is 6.07 Å². The average molecular weight is 280 g/mol. The van der Waals surface area contributed by atoms with Crippen molar-refractivity contribution in [3.63, 3.8) is 0 Å². The van der Waals surface area contributed by atoms with Gasteiger partial charge >= 0.3 is 5.97 Å². The van der Waals surface area contributed by atoms with Crippen LogP contribution in [0.2, 0.25) is 0 Å². The second-order valence-electron chi connectivity index (χ2n) is 4.09. The molecule has 106 valence electrons. The number of carboxylic acids is 1. The minimum Gasteiger partial charge on any atom is -0.484 e. The Kier molecular flexibility index (Phi) is 4.29. The normalized spacial score (nSPS) is 10.5. The molecule has 0 bridgehead atoms. The van der Waals surface area contributed by atoms with Gasteiger partial charge in [-0.2, -0.15) is 4.98 Å². The van der Waals surface area contributed by atoms with Gasteiger partial charge < -0.3 is 14.4 Å². The van der Waals surface area contributed by atoms with E-state index in [1.54, 1.807) is 0 Å². The molecule has 0 amide bonds. The Bertz CT molecular complexity index is 612. The van der Waals surface area contributed by atoms with Gasteiger partial charge in [0.15, 0.2) is 12.4 Å². The van der Waals surface area contributed by atoms with Gasteiger partial charge in [0.25, 0.3) is 5.89 Å². The molecule has 7 heteroatoms. The van der Waals surface area contributed by atoms with Gasteiger partial charge in [-0.25, -0.2) is 9.18 Å². The molecule has 1 heterocycles. The first-order valence-corrected chi connectivity index (χ1v) is 6.07. The van der Waals surface area contributed by atoms with Crippen molar-refractivity contribution in [2.24, 2.45) is 0 Å². The third-order valence-corrected chi connectivity index (χ3v) is 2.52. The summed E-state index contributed by atoms with van der Waals surface area (Å²) in [7, 11) is 0. The molecule has 0 aliphatic heterocycles. The number of carboxylic acid groups (broad SMARTS) is 1. The Labute approximate surface area is 114 Å². The second kappa shape index (κ2) is 6.14. The standard InChI is InChI=1S/C13H13FN2O4/c1-2-3-11-15-12(20-16-11)7-19-8-4-5-9(13(17)18)10(14)6-8/h4-6H,2-3,7H2,1H3,(H,17,18). The summed E-state index contributed by atoms with van der Waals surface area (Å²) in [5.41, 5.74) is -0.402. The van der Waals surface area contributed by atoms with Gasteiger partial charge in [0.2, 0.25) is 0 Å². The Morgan fingerprint density at radius 3 is 2.95 bits per heavy atom. The summed E-state index contributed by atoms with van der Waals surface area (Å²) in [6.07, 6.45) is 1.62. The van der Waals surface area contributed by atoms with Crippen LogP contribution in [0.4, 0.5) is 4.39 Å². The maximum absolute atomic E-state index is 13.4. The summed E-state index contributed by atoms with van der Waals surface area (Å²) in [4.78, 5) is 14.8. The second-order valence-corrected chi connectivity index (χ2v) is 4.09. The summed E-state index contributed by atoms with van der Waals surface area (Å²) in [5.74, 6) is -1.10. The van der Waals surface area contributed by atoms with Crippen molar-refractivity contribution in [1.82, 2.24) is 10.1 Å². The Morgan fingerprint density at radius 2 is 2.30 bits per heavy atom. The minimum absolute atomic E-state index is 0.00255. The first-order chi connectivity index (χ1) is 9.60. The maximum atomic E-state index is 13.4. The number of aromatic carboxylic acids is 1. The zero-order valence-corrected chi connectivity index (χ0v) is 10.8. The van der Waals surface area contributed by atoms with E-state index < -0.39 is 17.3 Å². The number of halogens is 1. The van der Waals surface area contributed by atoms with Gasteiger partial charge in [0, 0.05) is 12.5 Å². The van der Waals surface area contributed by atoms with E-state index in [2.05, 4.69) is 10.1 Å². The number of nitrogens with zero attached hydrogens (tertiary/aromatic N) is 2. The monoisotopic (exact) mass is 280 g/mol. The minimum atomic E-state index is -1.32. The maximum Gasteiger partial charge on any atom is 0.338 e. The van der Waals surface area contributed by atoms with Gasteiger partial charge in [0.1, 0.15) is 11.6 Å². The quantitative estimate of drug-likeness (QED) is 0.874. The first-order valence-electron chi connectivity index (χ1n) is 6.07. The summed E-state index contributed by atoms with van der Waals surface area (Å²) in [6.45, 7) is 2.00. The molecule has 0 saturated heterocycles. The number of hydrogen-bond donors (Lipinski definition) is 1. The van der Waals surface area contributed by atoms with Crippen LogP contribution in [0.25, 0.3) is 0 Å². The molecule has 0 unspecified atom stereocenters. The Balaban J connectivity index is 1.99. The van der Waals surface area contributed by atoms with Crippen LogP contribution in [0.15, 0.2) is 22.7 Å². The van der Waals surface area contributed by atoms with E-state index >= 15 is 0 Å². The summed E-state index contributed by atoms with van der Waals surface area (Å²) in [5, 5.41) is 12.5. The van der Waals surface area contributed by atoms with Gasteiger partial charge in [-0.05, 0) is 18.6 Å². The smallest absolute Gasteiger partial charge is 0.338 e. The highest BCUT2D eigenvalue weighted by molar-refractivity contribution is 5.88. The van der Waals surface area contributed by atoms with Crippen LogP contribution in [0.5, 0.6) is 5.75 Å². The highest BCUT2D eigenvalue weighted by Crippen LogP contribution is 2.17. The number of ether oxygens (including phenoxy) is 1. The largest absolute Gasteiger partial charge is 0.484 e. The molecule has 2 aromatic rings. The number of hydrogen-bond acceptors (Lipinski definition) is 5. The van der Waals surface area contributed by atoms with Crippen LogP contribution in [0.1, 0.15) is 35.4 Å². The molecule has 1 aromatic carbocycles. The average Bonchev–Trinajstić information content (AvgIpc) is 2.84. The van der Waals surface area contributed by atoms with Crippen molar-refractivity contribution < 1.29 is 23.6 Å². The predicted molar refractivity (Wildman–Crippen MR) is 66.0 cm³/mol. The number of benzene rings is 1. The number of aryl methyl sites for hydroxylation is 1. The molecular formula is C13H13FN2O4. The van der Waals surface area contributed by atoms with Gasteiger partial charge in [-0.1, -0.05) is 12.1 Å². The lowest BCUT2D eigenvalue weighted by atomic mass is 10.2. The topological polar surface area (TPSA) is 85.5 Å². The van der Waals surface area contributed by atoms with Crippen molar-refractivity contribution in [2.45, 2.75) is 26.4 Å². The van der Waals surface area contributed by atoms with Crippen molar-refractivity contribution in [3.05, 3.63) is 41.3 Å². The van der Waals surface area contributed by atoms with Crippen LogP contribution in [-0.4, -0.2) is 21.2 Å². The zero-order chi connectivity index (χ0) is 14.5. The first kappa shape index (κ1) is 14.0. The van der Waals surface area contributed by atoms with Gasteiger partial charge in [-0.15, -0.1) is 0 Å². The van der Waals surface area contributed by atoms with Crippen LogP contribution >= 0.6 is 0 Å². The fraction of sp³-hybridized carbons (Fsp3) is 0.308. The number of rotatable bonds is 6. The van der Waals surface area contributed by atoms with E-state index in [1.807, 2.05) is 6.92 Å². The van der Waals surface area contributed by atoms with E-state index in [9.17, 15) is 9.18 Å². The van der Waals surface area contributed by atoms with Crippen molar-refractivity contribution >= 4 is 5.97 Å². The molecule has 0 radical (unpaired) electrons. The third-order valence-electron chi connectivity index (χ3n) is 2.52. The lowest BCUT2D eigenvalue weighted by Gasteiger charge is -2.04. The van der Waals surface area contributed by atoms with E-state index in [0.717, 1.165) is 18.6 Å². The van der Waals surface area contributed by atoms with E-state index in [4.69, 9.17) is 14.4 Å². The van der Waals surface area contributed by atoms with E-state index in [0.29, 0.717) is 12.2 Å². The molecule has 0 saturated carbocycles. The highest BCUT2D eigenvalue weighted by atomic mass is 19.1. The Hall–Kier alpha value is -2.44. The van der Waals surface area contributed by atoms with Crippen LogP contribution in [0, 0.1) is 5.82 Å². The molecule has 1 aromatic heterocycles. The number of aromatic nitrogens is 2. The fourth-order valence-corrected chi connectivity index (χ4v) is 1.58. The molecule has 0 aliphatic rings. The molecule has 6 nitrogen and oxygen atoms in total. The number of carbonyl (C=O) groups is 1. The molecule has 0 fully saturated rings. The van der Waals surface area contributed by atoms with Gasteiger partial charge in [-0.3, -0.25) is 0 Å². The zero-order valence-electron chi connectivity index (χ0n) is 10.8. The molecular weight excluding hydrogens is 267 g/mol. The van der Waals surface area contributed by atoms with Crippen LogP contribution in [-0.2, 0) is 13.0 Å². The van der Waals surface area contributed by atoms with Crippen molar-refractivity contribution in [1.29, 1.82) is 0 Å². The van der Waals surface area contributed by atoms with Crippen molar-refractivity contribution in [3.8, 4) is 5.75 Å². The third kappa shape index (κ3) is 3.31. The van der Waals surface area contributed by atoms with Crippen LogP contribution in [0.3, 0.4) is 0 Å². The fourth-order valence-electron chi connectivity index (χ4n) is 1.58.